The van der Waals surface area contributed by atoms with Crippen molar-refractivity contribution in [3.05, 3.63) is 0 Å². The molecule has 0 N–H and O–H groups in total. The van der Waals surface area contributed by atoms with Crippen LogP contribution >= 0.6 is 0 Å². The lowest BCUT2D eigenvalue weighted by Crippen LogP contribution is -2.32. The molecule has 1 saturated carbocycles. The highest BCUT2D eigenvalue weighted by atomic mass is 15.3. The van der Waals surface area contributed by atoms with E-state index in [4.69, 9.17) is 0 Å². The molecule has 0 aromatic carbocycles. The third-order valence-corrected chi connectivity index (χ3v) is 4.47. The van der Waals surface area contributed by atoms with Crippen LogP contribution in [0.3, 0.4) is 0 Å². The highest BCUT2D eigenvalue weighted by Gasteiger charge is 2.59. The first-order chi connectivity index (χ1) is 6.56. The monoisotopic (exact) mass is 193 g/mol. The third kappa shape index (κ3) is 1.32. The number of rotatable bonds is 1. The van der Waals surface area contributed by atoms with Gasteiger partial charge in [0.1, 0.15) is 0 Å². The summed E-state index contributed by atoms with van der Waals surface area (Å²) in [6.45, 7) is 8.62. The Labute approximate surface area is 87.9 Å². The molecular weight excluding hydrogens is 170 g/mol. The summed E-state index contributed by atoms with van der Waals surface area (Å²) in [4.78, 5) is 2.83. The zero-order valence-electron chi connectivity index (χ0n) is 9.79. The molecule has 4 atom stereocenters. The van der Waals surface area contributed by atoms with Crippen LogP contribution in [0.5, 0.6) is 0 Å². The van der Waals surface area contributed by atoms with Gasteiger partial charge in [0.15, 0.2) is 0 Å². The minimum atomic E-state index is 0.538. The lowest BCUT2D eigenvalue weighted by molar-refractivity contribution is 0.192. The van der Waals surface area contributed by atoms with Crippen molar-refractivity contribution in [2.45, 2.75) is 58.5 Å². The van der Waals surface area contributed by atoms with E-state index in [1.54, 1.807) is 0 Å². The molecule has 80 valence electrons. The molecule has 1 heteroatoms. The number of hydrogen-bond donors (Lipinski definition) is 0. The molecule has 0 radical (unpaired) electrons. The Hall–Kier alpha value is -0.0400. The highest BCUT2D eigenvalue weighted by molar-refractivity contribution is 5.12. The van der Waals surface area contributed by atoms with Crippen molar-refractivity contribution < 1.29 is 0 Å². The van der Waals surface area contributed by atoms with Crippen molar-refractivity contribution in [1.82, 2.24) is 4.90 Å². The maximum Gasteiger partial charge on any atom is 0.0134 e. The second-order valence-electron chi connectivity index (χ2n) is 6.84. The Bertz CT molecular complexity index is 240. The second-order valence-corrected chi connectivity index (χ2v) is 6.84. The summed E-state index contributed by atoms with van der Waals surface area (Å²) in [5, 5.41) is 0. The number of fused-ring (bicyclic) bond motifs is 3. The van der Waals surface area contributed by atoms with Crippen molar-refractivity contribution in [1.29, 1.82) is 0 Å². The minimum absolute atomic E-state index is 0.538. The molecule has 4 unspecified atom stereocenters. The topological polar surface area (TPSA) is 3.24 Å². The first-order valence-corrected chi connectivity index (χ1v) is 6.32. The van der Waals surface area contributed by atoms with E-state index in [1.165, 1.54) is 32.2 Å². The second kappa shape index (κ2) is 2.75. The van der Waals surface area contributed by atoms with Crippen LogP contribution in [0.25, 0.3) is 0 Å². The minimum Gasteiger partial charge on any atom is -0.297 e. The SMILES string of the molecule is CC(C)(C)CC1C2CC2N2CCCC12. The predicted molar refractivity (Wildman–Crippen MR) is 59.2 cm³/mol. The van der Waals surface area contributed by atoms with E-state index in [1.807, 2.05) is 0 Å². The fraction of sp³-hybridized carbons (Fsp3) is 1.00. The molecule has 3 rings (SSSR count). The van der Waals surface area contributed by atoms with Crippen LogP contribution in [0, 0.1) is 17.3 Å². The van der Waals surface area contributed by atoms with Crippen LogP contribution in [0.4, 0.5) is 0 Å². The zero-order valence-corrected chi connectivity index (χ0v) is 9.79. The fourth-order valence-electron chi connectivity index (χ4n) is 4.01. The Balaban J connectivity index is 1.74. The molecule has 0 bridgehead atoms. The summed E-state index contributed by atoms with van der Waals surface area (Å²) < 4.78 is 0. The van der Waals surface area contributed by atoms with Gasteiger partial charge in [-0.05, 0) is 49.5 Å². The molecule has 0 aromatic rings. The molecule has 1 aliphatic carbocycles. The van der Waals surface area contributed by atoms with Crippen molar-refractivity contribution in [3.8, 4) is 0 Å². The summed E-state index contributed by atoms with van der Waals surface area (Å²) in [7, 11) is 0. The summed E-state index contributed by atoms with van der Waals surface area (Å²) in [6, 6.07) is 2.01. The maximum atomic E-state index is 2.83. The van der Waals surface area contributed by atoms with Gasteiger partial charge in [0.25, 0.3) is 0 Å². The van der Waals surface area contributed by atoms with Crippen molar-refractivity contribution in [2.75, 3.05) is 6.54 Å². The molecule has 14 heavy (non-hydrogen) atoms. The summed E-state index contributed by atoms with van der Waals surface area (Å²) in [6.07, 6.45) is 5.94. The van der Waals surface area contributed by atoms with Crippen LogP contribution in [-0.2, 0) is 0 Å². The van der Waals surface area contributed by atoms with Crippen LogP contribution in [0.15, 0.2) is 0 Å². The number of piperidine rings is 1. The average molecular weight is 193 g/mol. The molecule has 0 amide bonds. The zero-order chi connectivity index (χ0) is 9.92. The van der Waals surface area contributed by atoms with Gasteiger partial charge in [0.2, 0.25) is 0 Å². The summed E-state index contributed by atoms with van der Waals surface area (Å²) >= 11 is 0. The Morgan fingerprint density at radius 3 is 2.71 bits per heavy atom. The van der Waals surface area contributed by atoms with Crippen molar-refractivity contribution in [2.24, 2.45) is 17.3 Å². The molecule has 0 spiro atoms. The van der Waals surface area contributed by atoms with Gasteiger partial charge < -0.3 is 0 Å². The first-order valence-electron chi connectivity index (χ1n) is 6.32. The fourth-order valence-corrected chi connectivity index (χ4v) is 4.01. The van der Waals surface area contributed by atoms with Crippen molar-refractivity contribution >= 4 is 0 Å². The molecule has 2 heterocycles. The normalized spacial score (nSPS) is 46.5. The van der Waals surface area contributed by atoms with E-state index in [9.17, 15) is 0 Å². The van der Waals surface area contributed by atoms with Gasteiger partial charge in [-0.1, -0.05) is 20.8 Å². The molecular formula is C13H23N. The van der Waals surface area contributed by atoms with E-state index in [0.29, 0.717) is 5.41 Å². The quantitative estimate of drug-likeness (QED) is 0.619. The molecule has 3 fully saturated rings. The van der Waals surface area contributed by atoms with E-state index < -0.39 is 0 Å². The van der Waals surface area contributed by atoms with Crippen LogP contribution in [0.1, 0.15) is 46.5 Å². The van der Waals surface area contributed by atoms with E-state index in [2.05, 4.69) is 25.7 Å². The Morgan fingerprint density at radius 1 is 1.21 bits per heavy atom. The Morgan fingerprint density at radius 2 is 2.00 bits per heavy atom. The number of nitrogens with zero attached hydrogens (tertiary/aromatic N) is 1. The average Bonchev–Trinajstić information content (AvgIpc) is 2.58. The predicted octanol–water partition coefficient (Wildman–Crippen LogP) is 2.91. The van der Waals surface area contributed by atoms with Gasteiger partial charge in [-0.3, -0.25) is 4.90 Å². The van der Waals surface area contributed by atoms with E-state index in [-0.39, 0.29) is 0 Å². The van der Waals surface area contributed by atoms with Crippen LogP contribution in [-0.4, -0.2) is 23.5 Å². The highest BCUT2D eigenvalue weighted by Crippen LogP contribution is 2.57. The van der Waals surface area contributed by atoms with Gasteiger partial charge in [0, 0.05) is 12.1 Å². The van der Waals surface area contributed by atoms with Crippen LogP contribution in [0.2, 0.25) is 0 Å². The lowest BCUT2D eigenvalue weighted by Gasteiger charge is -2.30. The van der Waals surface area contributed by atoms with Crippen molar-refractivity contribution in [3.63, 3.8) is 0 Å². The molecule has 2 aliphatic heterocycles. The molecule has 0 aromatic heterocycles. The van der Waals surface area contributed by atoms with E-state index >= 15 is 0 Å². The maximum absolute atomic E-state index is 2.83. The standard InChI is InChI=1S/C13H23N/c1-13(2,3)8-10-9-7-12(9)14-6-4-5-11(10)14/h9-12H,4-8H2,1-3H3. The van der Waals surface area contributed by atoms with Crippen LogP contribution < -0.4 is 0 Å². The summed E-state index contributed by atoms with van der Waals surface area (Å²) in [5.74, 6) is 2.14. The molecule has 1 nitrogen and oxygen atoms in total. The van der Waals surface area contributed by atoms with Gasteiger partial charge in [-0.2, -0.15) is 0 Å². The Kier molecular flexibility index (Phi) is 1.81. The smallest absolute Gasteiger partial charge is 0.0134 e. The molecule has 3 aliphatic rings. The lowest BCUT2D eigenvalue weighted by atomic mass is 9.79. The third-order valence-electron chi connectivity index (χ3n) is 4.47. The van der Waals surface area contributed by atoms with Gasteiger partial charge >= 0.3 is 0 Å². The molecule has 2 saturated heterocycles. The summed E-state index contributed by atoms with van der Waals surface area (Å²) in [5.41, 5.74) is 0.538. The van der Waals surface area contributed by atoms with Gasteiger partial charge in [0.05, 0.1) is 0 Å². The number of hydrogen-bond acceptors (Lipinski definition) is 1. The van der Waals surface area contributed by atoms with Gasteiger partial charge in [-0.15, -0.1) is 0 Å². The first kappa shape index (κ1) is 9.21. The van der Waals surface area contributed by atoms with Gasteiger partial charge in [-0.25, -0.2) is 0 Å². The largest absolute Gasteiger partial charge is 0.297 e. The van der Waals surface area contributed by atoms with E-state index in [0.717, 1.165) is 23.9 Å².